The van der Waals surface area contributed by atoms with Crippen molar-refractivity contribution >= 4 is 21.4 Å². The monoisotopic (exact) mass is 403 g/mol. The van der Waals surface area contributed by atoms with E-state index < -0.39 is 9.84 Å². The molecule has 0 spiro atoms. The van der Waals surface area contributed by atoms with Crippen LogP contribution in [0.5, 0.6) is 0 Å². The van der Waals surface area contributed by atoms with Crippen LogP contribution < -0.4 is 9.80 Å². The number of carbonyl (C=O) groups excluding carboxylic acids is 1. The molecule has 0 aromatic heterocycles. The third kappa shape index (κ3) is 3.56. The number of hydrogen-bond acceptors (Lipinski definition) is 3. The second-order valence-corrected chi connectivity index (χ2v) is 10.1. The van der Waals surface area contributed by atoms with Gasteiger partial charge in [0.2, 0.25) is 0 Å². The lowest BCUT2D eigenvalue weighted by molar-refractivity contribution is -0.931. The van der Waals surface area contributed by atoms with E-state index in [-0.39, 0.29) is 41.9 Å². The molecule has 28 heavy (non-hydrogen) atoms. The predicted molar refractivity (Wildman–Crippen MR) is 106 cm³/mol. The van der Waals surface area contributed by atoms with E-state index in [2.05, 4.69) is 0 Å². The summed E-state index contributed by atoms with van der Waals surface area (Å²) in [5, 5.41) is 0. The van der Waals surface area contributed by atoms with Crippen molar-refractivity contribution < 1.29 is 22.5 Å². The summed E-state index contributed by atoms with van der Waals surface area (Å²) in [4.78, 5) is 15.7. The van der Waals surface area contributed by atoms with Gasteiger partial charge in [0.15, 0.2) is 16.4 Å². The summed E-state index contributed by atoms with van der Waals surface area (Å²) in [7, 11) is -3.22. The highest BCUT2D eigenvalue weighted by molar-refractivity contribution is 7.91. The first kappa shape index (κ1) is 19.1. The summed E-state index contributed by atoms with van der Waals surface area (Å²) in [6.45, 7) is 4.72. The molecule has 2 fully saturated rings. The maximum absolute atomic E-state index is 13.2. The molecule has 1 N–H and O–H groups in total. The van der Waals surface area contributed by atoms with Crippen LogP contribution in [0.15, 0.2) is 42.5 Å². The molecule has 0 saturated carbocycles. The van der Waals surface area contributed by atoms with Crippen molar-refractivity contribution in [3.8, 4) is 0 Å². The van der Waals surface area contributed by atoms with Crippen LogP contribution in [-0.4, -0.2) is 44.5 Å². The number of aryl methyl sites for hydroxylation is 2. The van der Waals surface area contributed by atoms with E-state index >= 15 is 0 Å². The maximum atomic E-state index is 13.2. The number of halogens is 1. The van der Waals surface area contributed by atoms with Crippen LogP contribution >= 0.6 is 0 Å². The van der Waals surface area contributed by atoms with Gasteiger partial charge in [0.25, 0.3) is 5.91 Å². The Hall–Kier alpha value is -2.25. The average molecular weight is 403 g/mol. The Morgan fingerprint density at radius 1 is 1.07 bits per heavy atom. The van der Waals surface area contributed by atoms with Gasteiger partial charge in [-0.05, 0) is 49.2 Å². The Morgan fingerprint density at radius 2 is 1.79 bits per heavy atom. The van der Waals surface area contributed by atoms with Crippen molar-refractivity contribution in [2.24, 2.45) is 0 Å². The Morgan fingerprint density at radius 3 is 2.46 bits per heavy atom. The molecule has 148 valence electrons. The first-order valence-corrected chi connectivity index (χ1v) is 11.2. The second-order valence-electron chi connectivity index (χ2n) is 7.92. The zero-order valence-corrected chi connectivity index (χ0v) is 16.8. The molecule has 5 nitrogen and oxygen atoms in total. The van der Waals surface area contributed by atoms with E-state index in [4.69, 9.17) is 0 Å². The SMILES string of the molecule is Cc1ccc(N2C(=O)C[NH+](Cc3ccc(F)cc3)[C@@H]3CS(=O)(=O)C[C@@H]32)cc1C. The molecule has 2 heterocycles. The van der Waals surface area contributed by atoms with Gasteiger partial charge in [0, 0.05) is 11.3 Å². The molecule has 4 rings (SSSR count). The Kier molecular flexibility index (Phi) is 4.75. The molecule has 0 aliphatic carbocycles. The van der Waals surface area contributed by atoms with E-state index in [0.717, 1.165) is 27.3 Å². The molecule has 2 saturated heterocycles. The molecule has 1 amide bonds. The lowest BCUT2D eigenvalue weighted by Crippen LogP contribution is -3.19. The Balaban J connectivity index is 1.67. The van der Waals surface area contributed by atoms with Gasteiger partial charge in [0.1, 0.15) is 30.2 Å². The van der Waals surface area contributed by atoms with Crippen LogP contribution in [0, 0.1) is 19.7 Å². The molecule has 2 aliphatic heterocycles. The normalized spacial score (nSPS) is 26.3. The van der Waals surface area contributed by atoms with Gasteiger partial charge in [-0.15, -0.1) is 0 Å². The van der Waals surface area contributed by atoms with E-state index in [1.54, 1.807) is 17.0 Å². The van der Waals surface area contributed by atoms with Crippen molar-refractivity contribution in [3.63, 3.8) is 0 Å². The van der Waals surface area contributed by atoms with Crippen LogP contribution in [0.2, 0.25) is 0 Å². The number of quaternary nitrogens is 1. The molecule has 0 radical (unpaired) electrons. The minimum absolute atomic E-state index is 0.0107. The number of fused-ring (bicyclic) bond motifs is 1. The van der Waals surface area contributed by atoms with E-state index in [1.807, 2.05) is 32.0 Å². The molecule has 2 aliphatic rings. The third-order valence-electron chi connectivity index (χ3n) is 5.94. The highest BCUT2D eigenvalue weighted by Crippen LogP contribution is 2.27. The van der Waals surface area contributed by atoms with Gasteiger partial charge in [-0.2, -0.15) is 0 Å². The zero-order chi connectivity index (χ0) is 20.1. The zero-order valence-electron chi connectivity index (χ0n) is 16.0. The van der Waals surface area contributed by atoms with Gasteiger partial charge >= 0.3 is 0 Å². The summed E-state index contributed by atoms with van der Waals surface area (Å²) >= 11 is 0. The Labute approximate surface area is 164 Å². The number of nitrogens with one attached hydrogen (secondary N) is 1. The van der Waals surface area contributed by atoms with Crippen molar-refractivity contribution in [3.05, 3.63) is 65.0 Å². The van der Waals surface area contributed by atoms with Gasteiger partial charge < -0.3 is 4.90 Å². The molecule has 3 atom stereocenters. The van der Waals surface area contributed by atoms with Gasteiger partial charge in [-0.25, -0.2) is 12.8 Å². The number of sulfone groups is 1. The summed E-state index contributed by atoms with van der Waals surface area (Å²) in [5.74, 6) is -0.319. The molecule has 2 aromatic rings. The van der Waals surface area contributed by atoms with Gasteiger partial charge in [-0.3, -0.25) is 9.69 Å². The largest absolute Gasteiger partial charge is 0.318 e. The molecular formula is C21H24FN2O3S+. The fourth-order valence-corrected chi connectivity index (χ4v) is 6.38. The fraction of sp³-hybridized carbons (Fsp3) is 0.381. The van der Waals surface area contributed by atoms with Crippen molar-refractivity contribution in [2.45, 2.75) is 32.5 Å². The number of nitrogens with zero attached hydrogens (tertiary/aromatic N) is 1. The Bertz CT molecular complexity index is 1020. The van der Waals surface area contributed by atoms with Gasteiger partial charge in [-0.1, -0.05) is 18.2 Å². The van der Waals surface area contributed by atoms with E-state index in [1.165, 1.54) is 12.1 Å². The lowest BCUT2D eigenvalue weighted by Gasteiger charge is -2.41. The van der Waals surface area contributed by atoms with Crippen molar-refractivity contribution in [1.82, 2.24) is 0 Å². The number of rotatable bonds is 3. The number of amides is 1. The van der Waals surface area contributed by atoms with Crippen molar-refractivity contribution in [1.29, 1.82) is 0 Å². The molecule has 0 bridgehead atoms. The molecule has 7 heteroatoms. The third-order valence-corrected chi connectivity index (χ3v) is 7.66. The average Bonchev–Trinajstić information content (AvgIpc) is 2.95. The summed E-state index contributed by atoms with van der Waals surface area (Å²) < 4.78 is 38.1. The summed E-state index contributed by atoms with van der Waals surface area (Å²) in [6, 6.07) is 11.4. The minimum atomic E-state index is -3.22. The number of benzene rings is 2. The van der Waals surface area contributed by atoms with Crippen LogP contribution in [-0.2, 0) is 21.2 Å². The number of hydrogen-bond donors (Lipinski definition) is 1. The standard InChI is InChI=1S/C21H23FN2O3S/c1-14-3-8-18(9-15(14)2)24-20-13-28(26,27)12-19(20)23(11-21(24)25)10-16-4-6-17(22)7-5-16/h3-9,19-20H,10-13H2,1-2H3/p+1/t19-,20+/m1/s1. The van der Waals surface area contributed by atoms with Crippen LogP contribution in [0.1, 0.15) is 16.7 Å². The fourth-order valence-electron chi connectivity index (χ4n) is 4.34. The maximum Gasteiger partial charge on any atom is 0.282 e. The van der Waals surface area contributed by atoms with E-state index in [0.29, 0.717) is 6.54 Å². The first-order chi connectivity index (χ1) is 13.2. The minimum Gasteiger partial charge on any atom is -0.318 e. The predicted octanol–water partition coefficient (Wildman–Crippen LogP) is 1.04. The van der Waals surface area contributed by atoms with Crippen LogP contribution in [0.3, 0.4) is 0 Å². The van der Waals surface area contributed by atoms with Crippen LogP contribution in [0.4, 0.5) is 10.1 Å². The smallest absolute Gasteiger partial charge is 0.282 e. The number of anilines is 1. The van der Waals surface area contributed by atoms with Gasteiger partial charge in [0.05, 0.1) is 5.75 Å². The van der Waals surface area contributed by atoms with E-state index in [9.17, 15) is 17.6 Å². The topological polar surface area (TPSA) is 58.9 Å². The van der Waals surface area contributed by atoms with Crippen molar-refractivity contribution in [2.75, 3.05) is 23.0 Å². The molecule has 1 unspecified atom stereocenters. The number of carbonyl (C=O) groups is 1. The summed E-state index contributed by atoms with van der Waals surface area (Å²) in [5.41, 5.74) is 3.86. The quantitative estimate of drug-likeness (QED) is 0.833. The highest BCUT2D eigenvalue weighted by Gasteiger charge is 2.52. The first-order valence-electron chi connectivity index (χ1n) is 9.42. The number of piperazine rings is 1. The highest BCUT2D eigenvalue weighted by atomic mass is 32.2. The molecule has 2 aromatic carbocycles. The lowest BCUT2D eigenvalue weighted by atomic mass is 10.0. The summed E-state index contributed by atoms with van der Waals surface area (Å²) in [6.07, 6.45) is 0. The molecular weight excluding hydrogens is 379 g/mol. The second kappa shape index (κ2) is 6.97. The van der Waals surface area contributed by atoms with Crippen LogP contribution in [0.25, 0.3) is 0 Å².